The molecule has 1 N–H and O–H groups in total. The second kappa shape index (κ2) is 6.56. The van der Waals surface area contributed by atoms with Gasteiger partial charge in [0.15, 0.2) is 5.76 Å². The number of rotatable bonds is 6. The van der Waals surface area contributed by atoms with E-state index in [1.54, 1.807) is 18.4 Å². The Balaban J connectivity index is 2.23. The lowest BCUT2D eigenvalue weighted by Gasteiger charge is -2.21. The highest BCUT2D eigenvalue weighted by atomic mass is 16.5. The van der Waals surface area contributed by atoms with Gasteiger partial charge in [-0.15, -0.1) is 0 Å². The summed E-state index contributed by atoms with van der Waals surface area (Å²) < 4.78 is 10.6. The van der Waals surface area contributed by atoms with Crippen molar-refractivity contribution in [2.24, 2.45) is 11.8 Å². The first-order valence-corrected chi connectivity index (χ1v) is 7.20. The fourth-order valence-electron chi connectivity index (χ4n) is 1.87. The summed E-state index contributed by atoms with van der Waals surface area (Å²) in [5.74, 6) is 1.41. The van der Waals surface area contributed by atoms with Gasteiger partial charge in [0.25, 0.3) is 0 Å². The first-order chi connectivity index (χ1) is 10.0. The summed E-state index contributed by atoms with van der Waals surface area (Å²) in [6.45, 7) is 7.81. The van der Waals surface area contributed by atoms with Crippen molar-refractivity contribution in [1.82, 2.24) is 15.5 Å². The zero-order valence-corrected chi connectivity index (χ0v) is 12.8. The van der Waals surface area contributed by atoms with Gasteiger partial charge in [0.05, 0.1) is 6.26 Å². The third-order valence-electron chi connectivity index (χ3n) is 3.48. The standard InChI is InChI=1S/C15H21N3O3/c1-5-10(4)12(16-14(19)9(2)3)15-17-13(18-21-15)11-7-6-8-20-11/h6-10,12H,5H2,1-4H3,(H,16,19)/t10-,12-/m0/s1. The lowest BCUT2D eigenvalue weighted by Crippen LogP contribution is -2.35. The molecule has 2 rings (SSSR count). The minimum Gasteiger partial charge on any atom is -0.461 e. The molecule has 0 aliphatic heterocycles. The van der Waals surface area contributed by atoms with E-state index in [1.165, 1.54) is 0 Å². The van der Waals surface area contributed by atoms with Crippen molar-refractivity contribution in [3.05, 3.63) is 24.3 Å². The van der Waals surface area contributed by atoms with E-state index in [4.69, 9.17) is 8.94 Å². The largest absolute Gasteiger partial charge is 0.461 e. The molecular weight excluding hydrogens is 270 g/mol. The zero-order valence-electron chi connectivity index (χ0n) is 12.8. The number of carbonyl (C=O) groups is 1. The minimum atomic E-state index is -0.291. The molecule has 0 aliphatic carbocycles. The molecule has 1 amide bonds. The van der Waals surface area contributed by atoms with Gasteiger partial charge in [-0.1, -0.05) is 39.3 Å². The van der Waals surface area contributed by atoms with Crippen LogP contribution < -0.4 is 5.32 Å². The van der Waals surface area contributed by atoms with E-state index in [0.717, 1.165) is 6.42 Å². The molecule has 0 bridgehead atoms. The monoisotopic (exact) mass is 291 g/mol. The summed E-state index contributed by atoms with van der Waals surface area (Å²) in [5, 5.41) is 6.89. The van der Waals surface area contributed by atoms with Gasteiger partial charge in [0.2, 0.25) is 17.6 Å². The normalized spacial score (nSPS) is 14.1. The van der Waals surface area contributed by atoms with Gasteiger partial charge in [-0.2, -0.15) is 4.98 Å². The van der Waals surface area contributed by atoms with Crippen molar-refractivity contribution in [1.29, 1.82) is 0 Å². The first kappa shape index (κ1) is 15.3. The average molecular weight is 291 g/mol. The topological polar surface area (TPSA) is 81.2 Å². The van der Waals surface area contributed by atoms with Crippen LogP contribution in [0.3, 0.4) is 0 Å². The highest BCUT2D eigenvalue weighted by molar-refractivity contribution is 5.78. The number of aromatic nitrogens is 2. The molecule has 0 fully saturated rings. The predicted molar refractivity (Wildman–Crippen MR) is 77.2 cm³/mol. The number of nitrogens with one attached hydrogen (secondary N) is 1. The number of hydrogen-bond acceptors (Lipinski definition) is 5. The van der Waals surface area contributed by atoms with Crippen LogP contribution in [0.15, 0.2) is 27.3 Å². The Labute approximate surface area is 123 Å². The van der Waals surface area contributed by atoms with Crippen molar-refractivity contribution in [2.75, 3.05) is 0 Å². The summed E-state index contributed by atoms with van der Waals surface area (Å²) in [4.78, 5) is 16.3. The summed E-state index contributed by atoms with van der Waals surface area (Å²) in [5.41, 5.74) is 0. The smallest absolute Gasteiger partial charge is 0.249 e. The van der Waals surface area contributed by atoms with Gasteiger partial charge in [-0.25, -0.2) is 0 Å². The first-order valence-electron chi connectivity index (χ1n) is 7.20. The van der Waals surface area contributed by atoms with Crippen LogP contribution in [0.4, 0.5) is 0 Å². The van der Waals surface area contributed by atoms with E-state index in [1.807, 2.05) is 20.8 Å². The zero-order chi connectivity index (χ0) is 15.4. The van der Waals surface area contributed by atoms with Crippen LogP contribution >= 0.6 is 0 Å². The Bertz CT molecular complexity index is 575. The maximum Gasteiger partial charge on any atom is 0.249 e. The number of furan rings is 1. The lowest BCUT2D eigenvalue weighted by molar-refractivity contribution is -0.125. The van der Waals surface area contributed by atoms with E-state index < -0.39 is 0 Å². The second-order valence-corrected chi connectivity index (χ2v) is 5.46. The average Bonchev–Trinajstić information content (AvgIpc) is 3.13. The Hall–Kier alpha value is -2.11. The molecule has 2 heterocycles. The maximum atomic E-state index is 12.0. The van der Waals surface area contributed by atoms with Crippen LogP contribution in [-0.2, 0) is 4.79 Å². The Kier molecular flexibility index (Phi) is 4.77. The van der Waals surface area contributed by atoms with E-state index >= 15 is 0 Å². The molecule has 2 aromatic rings. The van der Waals surface area contributed by atoms with Gasteiger partial charge in [-0.05, 0) is 18.1 Å². The van der Waals surface area contributed by atoms with Crippen LogP contribution in [0, 0.1) is 11.8 Å². The van der Waals surface area contributed by atoms with Crippen molar-refractivity contribution in [3.8, 4) is 11.6 Å². The summed E-state index contributed by atoms with van der Waals surface area (Å²) in [6, 6.07) is 3.23. The van der Waals surface area contributed by atoms with Gasteiger partial charge < -0.3 is 14.3 Å². The third kappa shape index (κ3) is 3.51. The van der Waals surface area contributed by atoms with Crippen molar-refractivity contribution in [3.63, 3.8) is 0 Å². The molecule has 0 saturated carbocycles. The van der Waals surface area contributed by atoms with Crippen molar-refractivity contribution < 1.29 is 13.7 Å². The second-order valence-electron chi connectivity index (χ2n) is 5.46. The molecule has 0 aromatic carbocycles. The van der Waals surface area contributed by atoms with Crippen LogP contribution in [0.5, 0.6) is 0 Å². The molecule has 21 heavy (non-hydrogen) atoms. The van der Waals surface area contributed by atoms with Crippen LogP contribution in [0.1, 0.15) is 46.0 Å². The Morgan fingerprint density at radius 3 is 2.71 bits per heavy atom. The van der Waals surface area contributed by atoms with Crippen LogP contribution in [0.25, 0.3) is 11.6 Å². The molecule has 0 aliphatic rings. The fourth-order valence-corrected chi connectivity index (χ4v) is 1.87. The van der Waals surface area contributed by atoms with E-state index in [-0.39, 0.29) is 23.8 Å². The van der Waals surface area contributed by atoms with E-state index in [2.05, 4.69) is 22.4 Å². The molecule has 0 saturated heterocycles. The molecule has 0 spiro atoms. The van der Waals surface area contributed by atoms with Crippen molar-refractivity contribution in [2.45, 2.75) is 40.2 Å². The quantitative estimate of drug-likeness (QED) is 0.884. The third-order valence-corrected chi connectivity index (χ3v) is 3.48. The van der Waals surface area contributed by atoms with Gasteiger partial charge in [0, 0.05) is 5.92 Å². The SMILES string of the molecule is CC[C@H](C)[C@H](NC(=O)C(C)C)c1nc(-c2ccco2)no1. The van der Waals surface area contributed by atoms with Gasteiger partial charge in [0.1, 0.15) is 6.04 Å². The highest BCUT2D eigenvalue weighted by Gasteiger charge is 2.27. The number of amides is 1. The number of nitrogens with zero attached hydrogens (tertiary/aromatic N) is 2. The van der Waals surface area contributed by atoms with Crippen molar-refractivity contribution >= 4 is 5.91 Å². The molecule has 6 heteroatoms. The van der Waals surface area contributed by atoms with Gasteiger partial charge >= 0.3 is 0 Å². The van der Waals surface area contributed by atoms with Crippen LogP contribution in [-0.4, -0.2) is 16.0 Å². The van der Waals surface area contributed by atoms with Gasteiger partial charge in [-0.3, -0.25) is 4.79 Å². The summed E-state index contributed by atoms with van der Waals surface area (Å²) in [7, 11) is 0. The number of carbonyl (C=O) groups excluding carboxylic acids is 1. The molecule has 6 nitrogen and oxygen atoms in total. The number of hydrogen-bond donors (Lipinski definition) is 1. The van der Waals surface area contributed by atoms with E-state index in [9.17, 15) is 4.79 Å². The molecule has 114 valence electrons. The molecule has 0 radical (unpaired) electrons. The molecule has 2 aromatic heterocycles. The minimum absolute atomic E-state index is 0.0296. The van der Waals surface area contributed by atoms with Crippen LogP contribution in [0.2, 0.25) is 0 Å². The maximum absolute atomic E-state index is 12.0. The predicted octanol–water partition coefficient (Wildman–Crippen LogP) is 3.19. The molecular formula is C15H21N3O3. The lowest BCUT2D eigenvalue weighted by atomic mass is 9.98. The Morgan fingerprint density at radius 1 is 1.38 bits per heavy atom. The van der Waals surface area contributed by atoms with E-state index in [0.29, 0.717) is 17.5 Å². The fraction of sp³-hybridized carbons (Fsp3) is 0.533. The molecule has 2 atom stereocenters. The summed E-state index contributed by atoms with van der Waals surface area (Å²) >= 11 is 0. The highest BCUT2D eigenvalue weighted by Crippen LogP contribution is 2.26. The molecule has 0 unspecified atom stereocenters. The Morgan fingerprint density at radius 2 is 2.14 bits per heavy atom. The summed E-state index contributed by atoms with van der Waals surface area (Å²) in [6.07, 6.45) is 2.44.